The molecule has 1 atom stereocenters. The monoisotopic (exact) mass is 384 g/mol. The van der Waals surface area contributed by atoms with E-state index in [1.54, 1.807) is 0 Å². The van der Waals surface area contributed by atoms with Gasteiger partial charge in [-0.25, -0.2) is 0 Å². The minimum Gasteiger partial charge on any atom is -0.492 e. The number of alkyl halides is 3. The fourth-order valence-electron chi connectivity index (χ4n) is 3.02. The van der Waals surface area contributed by atoms with Crippen LogP contribution in [0.5, 0.6) is 5.75 Å². The Morgan fingerprint density at radius 1 is 1.33 bits per heavy atom. The van der Waals surface area contributed by atoms with Crippen LogP contribution in [-0.2, 0) is 0 Å². The van der Waals surface area contributed by atoms with Gasteiger partial charge in [0.15, 0.2) is 0 Å². The van der Waals surface area contributed by atoms with E-state index in [2.05, 4.69) is 10.1 Å². The van der Waals surface area contributed by atoms with Crippen molar-refractivity contribution in [2.75, 3.05) is 46.9 Å². The normalized spacial score (nSPS) is 18.4. The summed E-state index contributed by atoms with van der Waals surface area (Å²) in [6.45, 7) is 1.10. The predicted octanol–water partition coefficient (Wildman–Crippen LogP) is 3.03. The molecule has 2 aromatic rings. The third-order valence-electron chi connectivity index (χ3n) is 4.37. The summed E-state index contributed by atoms with van der Waals surface area (Å²) in [7, 11) is 3.94. The predicted molar refractivity (Wildman–Crippen MR) is 93.6 cm³/mol. The topological polar surface area (TPSA) is 54.6 Å². The standard InChI is InChI=1S/C18H23F3N4O2/c1-24(2)8-9-26-15-5-3-4-13(10-15)16-22-17(27-23-16)14-6-7-25(11-14)12-18(19,20)21/h3-5,10,14H,6-9,11-12H2,1-2H3. The van der Waals surface area contributed by atoms with E-state index in [1.807, 2.05) is 43.3 Å². The molecular formula is C18H23F3N4O2. The van der Waals surface area contributed by atoms with Crippen molar-refractivity contribution in [2.24, 2.45) is 0 Å². The van der Waals surface area contributed by atoms with E-state index in [0.29, 0.717) is 37.0 Å². The van der Waals surface area contributed by atoms with E-state index in [-0.39, 0.29) is 12.5 Å². The third-order valence-corrected chi connectivity index (χ3v) is 4.37. The molecule has 0 aliphatic carbocycles. The lowest BCUT2D eigenvalue weighted by molar-refractivity contribution is -0.143. The molecule has 27 heavy (non-hydrogen) atoms. The van der Waals surface area contributed by atoms with Crippen LogP contribution in [0.25, 0.3) is 11.4 Å². The van der Waals surface area contributed by atoms with Crippen molar-refractivity contribution < 1.29 is 22.4 Å². The molecule has 2 heterocycles. The van der Waals surface area contributed by atoms with Crippen molar-refractivity contribution in [2.45, 2.75) is 18.5 Å². The molecule has 1 fully saturated rings. The Morgan fingerprint density at radius 2 is 2.15 bits per heavy atom. The van der Waals surface area contributed by atoms with Gasteiger partial charge in [-0.3, -0.25) is 4.90 Å². The largest absolute Gasteiger partial charge is 0.492 e. The second kappa shape index (κ2) is 8.26. The van der Waals surface area contributed by atoms with E-state index < -0.39 is 12.7 Å². The fourth-order valence-corrected chi connectivity index (χ4v) is 3.02. The number of hydrogen-bond acceptors (Lipinski definition) is 6. The fraction of sp³-hybridized carbons (Fsp3) is 0.556. The maximum atomic E-state index is 12.5. The molecule has 1 saturated heterocycles. The SMILES string of the molecule is CN(C)CCOc1cccc(-c2noc(C3CCN(CC(F)(F)F)C3)n2)c1. The zero-order valence-electron chi connectivity index (χ0n) is 15.4. The van der Waals surface area contributed by atoms with E-state index in [1.165, 1.54) is 4.90 Å². The van der Waals surface area contributed by atoms with Gasteiger partial charge in [0.25, 0.3) is 0 Å². The maximum Gasteiger partial charge on any atom is 0.401 e. The minimum atomic E-state index is -4.19. The van der Waals surface area contributed by atoms with Gasteiger partial charge < -0.3 is 14.2 Å². The molecule has 1 aromatic carbocycles. The molecule has 1 aromatic heterocycles. The van der Waals surface area contributed by atoms with Crippen molar-refractivity contribution in [3.05, 3.63) is 30.2 Å². The van der Waals surface area contributed by atoms with Crippen LogP contribution in [0.2, 0.25) is 0 Å². The molecule has 0 bridgehead atoms. The van der Waals surface area contributed by atoms with Crippen molar-refractivity contribution >= 4 is 0 Å². The number of hydrogen-bond donors (Lipinski definition) is 0. The Hall–Kier alpha value is -2.13. The molecule has 0 radical (unpaired) electrons. The first-order chi connectivity index (χ1) is 12.8. The summed E-state index contributed by atoms with van der Waals surface area (Å²) in [6, 6.07) is 7.37. The highest BCUT2D eigenvalue weighted by Crippen LogP contribution is 2.30. The van der Waals surface area contributed by atoms with Crippen LogP contribution in [0.3, 0.4) is 0 Å². The Balaban J connectivity index is 1.62. The highest BCUT2D eigenvalue weighted by atomic mass is 19.4. The molecule has 1 aliphatic rings. The van der Waals surface area contributed by atoms with Crippen LogP contribution in [-0.4, -0.2) is 73.0 Å². The number of nitrogens with zero attached hydrogens (tertiary/aromatic N) is 4. The summed E-state index contributed by atoms with van der Waals surface area (Å²) in [4.78, 5) is 7.79. The third kappa shape index (κ3) is 5.67. The molecule has 9 heteroatoms. The second-order valence-corrected chi connectivity index (χ2v) is 6.97. The smallest absolute Gasteiger partial charge is 0.401 e. The summed E-state index contributed by atoms with van der Waals surface area (Å²) in [5, 5.41) is 3.99. The quantitative estimate of drug-likeness (QED) is 0.732. The highest BCUT2D eigenvalue weighted by molar-refractivity contribution is 5.56. The van der Waals surface area contributed by atoms with Gasteiger partial charge in [-0.05, 0) is 39.2 Å². The van der Waals surface area contributed by atoms with Gasteiger partial charge >= 0.3 is 6.18 Å². The zero-order chi connectivity index (χ0) is 19.4. The van der Waals surface area contributed by atoms with Gasteiger partial charge in [-0.15, -0.1) is 0 Å². The zero-order valence-corrected chi connectivity index (χ0v) is 15.4. The maximum absolute atomic E-state index is 12.5. The first-order valence-electron chi connectivity index (χ1n) is 8.81. The molecule has 0 amide bonds. The molecule has 148 valence electrons. The summed E-state index contributed by atoms with van der Waals surface area (Å²) in [5.74, 6) is 1.33. The Morgan fingerprint density at radius 3 is 2.89 bits per heavy atom. The molecular weight excluding hydrogens is 361 g/mol. The van der Waals surface area contributed by atoms with Crippen molar-refractivity contribution in [1.29, 1.82) is 0 Å². The molecule has 3 rings (SSSR count). The minimum absolute atomic E-state index is 0.173. The van der Waals surface area contributed by atoms with Gasteiger partial charge in [0.2, 0.25) is 11.7 Å². The van der Waals surface area contributed by atoms with Crippen molar-refractivity contribution in [3.8, 4) is 17.1 Å². The lowest BCUT2D eigenvalue weighted by atomic mass is 10.1. The van der Waals surface area contributed by atoms with E-state index in [0.717, 1.165) is 12.1 Å². The number of benzene rings is 1. The van der Waals surface area contributed by atoms with E-state index in [4.69, 9.17) is 9.26 Å². The Labute approximate surface area is 155 Å². The average molecular weight is 384 g/mol. The summed E-state index contributed by atoms with van der Waals surface area (Å²) in [5.41, 5.74) is 0.748. The summed E-state index contributed by atoms with van der Waals surface area (Å²) in [6.07, 6.45) is -3.62. The van der Waals surface area contributed by atoms with Gasteiger partial charge in [-0.1, -0.05) is 17.3 Å². The van der Waals surface area contributed by atoms with Crippen LogP contribution in [0.15, 0.2) is 28.8 Å². The lowest BCUT2D eigenvalue weighted by Crippen LogP contribution is -2.32. The number of likely N-dealkylation sites (tertiary alicyclic amines) is 1. The van der Waals surface area contributed by atoms with Crippen LogP contribution in [0.1, 0.15) is 18.2 Å². The molecule has 0 N–H and O–H groups in total. The van der Waals surface area contributed by atoms with Gasteiger partial charge in [0.05, 0.1) is 12.5 Å². The Bertz CT molecular complexity index is 748. The molecule has 6 nitrogen and oxygen atoms in total. The van der Waals surface area contributed by atoms with Gasteiger partial charge in [0, 0.05) is 18.7 Å². The van der Waals surface area contributed by atoms with E-state index in [9.17, 15) is 13.2 Å². The first kappa shape index (κ1) is 19.6. The number of aromatic nitrogens is 2. The average Bonchev–Trinajstić information content (AvgIpc) is 3.22. The Kier molecular flexibility index (Phi) is 6.01. The molecule has 1 aliphatic heterocycles. The number of likely N-dealkylation sites (N-methyl/N-ethyl adjacent to an activating group) is 1. The van der Waals surface area contributed by atoms with Crippen molar-refractivity contribution in [1.82, 2.24) is 19.9 Å². The van der Waals surface area contributed by atoms with Crippen molar-refractivity contribution in [3.63, 3.8) is 0 Å². The van der Waals surface area contributed by atoms with Crippen LogP contribution < -0.4 is 4.74 Å². The highest BCUT2D eigenvalue weighted by Gasteiger charge is 2.36. The number of halogens is 3. The number of rotatable bonds is 7. The van der Waals surface area contributed by atoms with Crippen LogP contribution in [0, 0.1) is 0 Å². The van der Waals surface area contributed by atoms with E-state index >= 15 is 0 Å². The lowest BCUT2D eigenvalue weighted by Gasteiger charge is -2.16. The molecule has 0 saturated carbocycles. The van der Waals surface area contributed by atoms with Crippen LogP contribution in [0.4, 0.5) is 13.2 Å². The molecule has 1 unspecified atom stereocenters. The van der Waals surface area contributed by atoms with Gasteiger partial charge in [0.1, 0.15) is 12.4 Å². The molecule has 0 spiro atoms. The summed E-state index contributed by atoms with van der Waals surface area (Å²) < 4.78 is 48.6. The van der Waals surface area contributed by atoms with Gasteiger partial charge in [-0.2, -0.15) is 18.2 Å². The summed E-state index contributed by atoms with van der Waals surface area (Å²) >= 11 is 0. The first-order valence-corrected chi connectivity index (χ1v) is 8.81. The second-order valence-electron chi connectivity index (χ2n) is 6.97. The number of ether oxygens (including phenoxy) is 1. The van der Waals surface area contributed by atoms with Crippen LogP contribution >= 0.6 is 0 Å².